The van der Waals surface area contributed by atoms with Crippen LogP contribution in [0.2, 0.25) is 25.0 Å². The molecular formula is C22H31BBrN3O2Si. The first-order valence-electron chi connectivity index (χ1n) is 10.7. The van der Waals surface area contributed by atoms with Gasteiger partial charge in [0.25, 0.3) is 0 Å². The molecule has 1 aliphatic rings. The average Bonchev–Trinajstić information content (AvgIpc) is 3.24. The second-order valence-electron chi connectivity index (χ2n) is 10.0. The summed E-state index contributed by atoms with van der Waals surface area (Å²) in [5.41, 5.74) is 2.01. The Morgan fingerprint density at radius 1 is 1.27 bits per heavy atom. The summed E-state index contributed by atoms with van der Waals surface area (Å²) in [4.78, 5) is 10.6. The summed E-state index contributed by atoms with van der Waals surface area (Å²) in [6, 6.07) is 10.5. The van der Waals surface area contributed by atoms with E-state index >= 15 is 0 Å². The molecule has 0 amide bonds. The third kappa shape index (κ3) is 4.00. The SMILES string of the molecule is CB(O)N1C[C@H](O[Si](C)(C)C(C)(C)C)C[C@H]1c1nc2c(ccc3cc(Br)ccc32)[nH]1. The lowest BCUT2D eigenvalue weighted by Gasteiger charge is -2.38. The Morgan fingerprint density at radius 3 is 2.67 bits per heavy atom. The Balaban J connectivity index is 1.68. The molecule has 4 rings (SSSR count). The van der Waals surface area contributed by atoms with Crippen molar-refractivity contribution in [2.75, 3.05) is 6.54 Å². The summed E-state index contributed by atoms with van der Waals surface area (Å²) in [5.74, 6) is 0.905. The molecule has 5 nitrogen and oxygen atoms in total. The van der Waals surface area contributed by atoms with Crippen molar-refractivity contribution in [2.45, 2.75) is 64.3 Å². The zero-order valence-electron chi connectivity index (χ0n) is 18.7. The van der Waals surface area contributed by atoms with Crippen molar-refractivity contribution < 1.29 is 9.45 Å². The number of H-pyrrole nitrogens is 1. The van der Waals surface area contributed by atoms with Crippen molar-refractivity contribution >= 4 is 53.1 Å². The van der Waals surface area contributed by atoms with Gasteiger partial charge in [0.15, 0.2) is 8.32 Å². The maximum atomic E-state index is 10.5. The Hall–Kier alpha value is -1.19. The standard InChI is InChI=1S/C22H31BBrN3O2Si/c1-22(2,3)30(5,6)29-16-12-19(27(13-16)23(4)28)21-25-18-10-7-14-11-15(24)8-9-17(14)20(18)26-21/h7-11,16,19,28H,12-13H2,1-6H3,(H,25,26)/t16-,19+/m1/s1. The van der Waals surface area contributed by atoms with E-state index in [1.807, 2.05) is 6.82 Å². The lowest BCUT2D eigenvalue weighted by atomic mass is 9.84. The fraction of sp³-hybridized carbons (Fsp3) is 0.500. The largest absolute Gasteiger partial charge is 0.437 e. The molecule has 0 bridgehead atoms. The lowest BCUT2D eigenvalue weighted by Crippen LogP contribution is -2.45. The van der Waals surface area contributed by atoms with Gasteiger partial charge in [0.1, 0.15) is 5.82 Å². The van der Waals surface area contributed by atoms with E-state index < -0.39 is 15.4 Å². The van der Waals surface area contributed by atoms with E-state index in [2.05, 4.69) is 89.9 Å². The van der Waals surface area contributed by atoms with E-state index in [1.54, 1.807) is 0 Å². The van der Waals surface area contributed by atoms with Crippen molar-refractivity contribution in [1.29, 1.82) is 0 Å². The Morgan fingerprint density at radius 2 is 2.00 bits per heavy atom. The van der Waals surface area contributed by atoms with Crippen molar-refractivity contribution in [1.82, 2.24) is 14.8 Å². The van der Waals surface area contributed by atoms with Gasteiger partial charge >= 0.3 is 7.05 Å². The molecule has 0 unspecified atom stereocenters. The van der Waals surface area contributed by atoms with E-state index in [4.69, 9.17) is 9.41 Å². The molecule has 2 aromatic carbocycles. The first kappa shape index (κ1) is 22.0. The van der Waals surface area contributed by atoms with Gasteiger partial charge in [0, 0.05) is 16.4 Å². The van der Waals surface area contributed by atoms with Crippen LogP contribution in [0.25, 0.3) is 21.8 Å². The molecule has 1 aliphatic heterocycles. The van der Waals surface area contributed by atoms with Gasteiger partial charge in [0.05, 0.1) is 23.2 Å². The van der Waals surface area contributed by atoms with Crippen LogP contribution in [0.3, 0.4) is 0 Å². The molecule has 1 aromatic heterocycles. The smallest absolute Gasteiger partial charge is 0.377 e. The molecule has 30 heavy (non-hydrogen) atoms. The lowest BCUT2D eigenvalue weighted by molar-refractivity contribution is 0.191. The van der Waals surface area contributed by atoms with Gasteiger partial charge in [-0.2, -0.15) is 0 Å². The highest BCUT2D eigenvalue weighted by Crippen LogP contribution is 2.41. The predicted octanol–water partition coefficient (Wildman–Crippen LogP) is 5.73. The van der Waals surface area contributed by atoms with E-state index in [9.17, 15) is 5.02 Å². The topological polar surface area (TPSA) is 61.4 Å². The number of aromatic nitrogens is 2. The first-order valence-corrected chi connectivity index (χ1v) is 14.4. The molecule has 2 atom stereocenters. The maximum Gasteiger partial charge on any atom is 0.377 e. The number of aromatic amines is 1. The second kappa shape index (κ2) is 7.74. The quantitative estimate of drug-likeness (QED) is 0.461. The highest BCUT2D eigenvalue weighted by molar-refractivity contribution is 9.10. The highest BCUT2D eigenvalue weighted by atomic mass is 79.9. The Labute approximate surface area is 188 Å². The zero-order valence-corrected chi connectivity index (χ0v) is 21.2. The third-order valence-corrected chi connectivity index (χ3v) is 11.8. The minimum Gasteiger partial charge on any atom is -0.437 e. The Bertz CT molecular complexity index is 1080. The summed E-state index contributed by atoms with van der Waals surface area (Å²) in [7, 11) is -2.43. The molecule has 3 aromatic rings. The molecule has 160 valence electrons. The van der Waals surface area contributed by atoms with Crippen LogP contribution in [0.4, 0.5) is 0 Å². The van der Waals surface area contributed by atoms with Gasteiger partial charge in [-0.15, -0.1) is 0 Å². The van der Waals surface area contributed by atoms with Gasteiger partial charge in [-0.1, -0.05) is 48.8 Å². The van der Waals surface area contributed by atoms with Crippen molar-refractivity contribution in [3.05, 3.63) is 40.6 Å². The van der Waals surface area contributed by atoms with Crippen LogP contribution in [0.1, 0.15) is 39.1 Å². The normalized spacial score (nSPS) is 21.1. The van der Waals surface area contributed by atoms with Crippen molar-refractivity contribution in [3.63, 3.8) is 0 Å². The first-order chi connectivity index (χ1) is 14.0. The summed E-state index contributed by atoms with van der Waals surface area (Å²) < 4.78 is 7.75. The van der Waals surface area contributed by atoms with Crippen LogP contribution in [-0.2, 0) is 4.43 Å². The third-order valence-electron chi connectivity index (χ3n) is 6.81. The minimum absolute atomic E-state index is 0.0117. The number of hydrogen-bond acceptors (Lipinski definition) is 4. The number of nitrogens with zero attached hydrogens (tertiary/aromatic N) is 2. The number of nitrogens with one attached hydrogen (secondary N) is 1. The van der Waals surface area contributed by atoms with Gasteiger partial charge in [-0.05, 0) is 55.0 Å². The van der Waals surface area contributed by atoms with Gasteiger partial charge < -0.3 is 19.2 Å². The molecule has 2 heterocycles. The molecule has 1 fully saturated rings. The van der Waals surface area contributed by atoms with Gasteiger partial charge in [-0.25, -0.2) is 4.98 Å². The van der Waals surface area contributed by atoms with E-state index in [1.165, 1.54) is 0 Å². The van der Waals surface area contributed by atoms with Crippen LogP contribution in [0.5, 0.6) is 0 Å². The molecule has 0 radical (unpaired) electrons. The van der Waals surface area contributed by atoms with E-state index in [-0.39, 0.29) is 17.2 Å². The molecule has 2 N–H and O–H groups in total. The molecule has 1 saturated heterocycles. The van der Waals surface area contributed by atoms with E-state index in [0.29, 0.717) is 0 Å². The number of hydrogen-bond donors (Lipinski definition) is 2. The summed E-state index contributed by atoms with van der Waals surface area (Å²) in [5, 5.41) is 12.9. The van der Waals surface area contributed by atoms with Crippen LogP contribution >= 0.6 is 15.9 Å². The molecule has 0 spiro atoms. The van der Waals surface area contributed by atoms with Crippen molar-refractivity contribution in [2.24, 2.45) is 0 Å². The van der Waals surface area contributed by atoms with Crippen LogP contribution in [0.15, 0.2) is 34.8 Å². The summed E-state index contributed by atoms with van der Waals surface area (Å²) in [6.45, 7) is 13.9. The average molecular weight is 488 g/mol. The minimum atomic E-state index is -1.88. The van der Waals surface area contributed by atoms with Crippen LogP contribution in [0, 0.1) is 0 Å². The molecule has 0 aliphatic carbocycles. The van der Waals surface area contributed by atoms with E-state index in [0.717, 1.165) is 45.1 Å². The maximum absolute atomic E-state index is 10.5. The fourth-order valence-electron chi connectivity index (χ4n) is 4.13. The summed E-state index contributed by atoms with van der Waals surface area (Å²) >= 11 is 3.55. The molecule has 8 heteroatoms. The predicted molar refractivity (Wildman–Crippen MR) is 131 cm³/mol. The number of imidazole rings is 1. The summed E-state index contributed by atoms with van der Waals surface area (Å²) in [6.07, 6.45) is 0.937. The van der Waals surface area contributed by atoms with Gasteiger partial charge in [0.2, 0.25) is 0 Å². The number of benzene rings is 2. The monoisotopic (exact) mass is 487 g/mol. The van der Waals surface area contributed by atoms with Crippen molar-refractivity contribution in [3.8, 4) is 0 Å². The van der Waals surface area contributed by atoms with Gasteiger partial charge in [-0.3, -0.25) is 0 Å². The van der Waals surface area contributed by atoms with Crippen LogP contribution < -0.4 is 0 Å². The highest BCUT2D eigenvalue weighted by Gasteiger charge is 2.44. The fourth-order valence-corrected chi connectivity index (χ4v) is 5.87. The zero-order chi connectivity index (χ0) is 21.8. The number of halogens is 1. The number of fused-ring (bicyclic) bond motifs is 3. The van der Waals surface area contributed by atoms with Crippen LogP contribution in [-0.4, -0.2) is 47.8 Å². The second-order valence-corrected chi connectivity index (χ2v) is 15.7. The Kier molecular flexibility index (Phi) is 5.68. The molecular weight excluding hydrogens is 457 g/mol. The number of rotatable bonds is 4. The molecule has 0 saturated carbocycles.